The van der Waals surface area contributed by atoms with Crippen LogP contribution in [0.5, 0.6) is 0 Å². The van der Waals surface area contributed by atoms with Crippen LogP contribution in [0.25, 0.3) is 0 Å². The van der Waals surface area contributed by atoms with E-state index < -0.39 is 0 Å². The number of ether oxygens (including phenoxy) is 1. The van der Waals surface area contributed by atoms with E-state index in [0.717, 1.165) is 13.0 Å². The van der Waals surface area contributed by atoms with Gasteiger partial charge in [0.05, 0.1) is 5.60 Å². The van der Waals surface area contributed by atoms with E-state index in [1.807, 2.05) is 0 Å². The van der Waals surface area contributed by atoms with Gasteiger partial charge in [0.2, 0.25) is 0 Å². The summed E-state index contributed by atoms with van der Waals surface area (Å²) < 4.78 is 5.88. The van der Waals surface area contributed by atoms with Crippen LogP contribution >= 0.6 is 0 Å². The van der Waals surface area contributed by atoms with Gasteiger partial charge in [-0.2, -0.15) is 0 Å². The van der Waals surface area contributed by atoms with Gasteiger partial charge in [-0.15, -0.1) is 0 Å². The zero-order chi connectivity index (χ0) is 11.6. The SMILES string of the molecule is CCC1(C)CC(NCC2(C)CCC2)CCO1. The van der Waals surface area contributed by atoms with Gasteiger partial charge >= 0.3 is 0 Å². The zero-order valence-corrected chi connectivity index (χ0v) is 11.1. The van der Waals surface area contributed by atoms with E-state index in [1.165, 1.54) is 38.6 Å². The largest absolute Gasteiger partial charge is 0.375 e. The summed E-state index contributed by atoms with van der Waals surface area (Å²) in [5, 5.41) is 3.77. The third-order valence-electron chi connectivity index (χ3n) is 4.72. The average molecular weight is 225 g/mol. The van der Waals surface area contributed by atoms with Crippen LogP contribution in [0, 0.1) is 5.41 Å². The fourth-order valence-corrected chi connectivity index (χ4v) is 2.90. The van der Waals surface area contributed by atoms with E-state index in [0.29, 0.717) is 11.5 Å². The molecule has 2 rings (SSSR count). The Morgan fingerprint density at radius 3 is 2.62 bits per heavy atom. The lowest BCUT2D eigenvalue weighted by Crippen LogP contribution is -2.48. The fraction of sp³-hybridized carbons (Fsp3) is 1.00. The maximum Gasteiger partial charge on any atom is 0.0666 e. The Balaban J connectivity index is 1.77. The lowest BCUT2D eigenvalue weighted by Gasteiger charge is -2.42. The van der Waals surface area contributed by atoms with Crippen LogP contribution < -0.4 is 5.32 Å². The fourth-order valence-electron chi connectivity index (χ4n) is 2.90. The lowest BCUT2D eigenvalue weighted by atomic mass is 9.70. The minimum Gasteiger partial charge on any atom is -0.375 e. The summed E-state index contributed by atoms with van der Waals surface area (Å²) >= 11 is 0. The second kappa shape index (κ2) is 4.66. The molecule has 2 nitrogen and oxygen atoms in total. The van der Waals surface area contributed by atoms with E-state index >= 15 is 0 Å². The van der Waals surface area contributed by atoms with E-state index in [1.54, 1.807) is 0 Å². The summed E-state index contributed by atoms with van der Waals surface area (Å²) in [6.07, 6.45) is 7.74. The molecule has 0 aromatic rings. The van der Waals surface area contributed by atoms with Crippen LogP contribution in [0.3, 0.4) is 0 Å². The Morgan fingerprint density at radius 1 is 1.31 bits per heavy atom. The highest BCUT2D eigenvalue weighted by atomic mass is 16.5. The maximum atomic E-state index is 5.88. The molecule has 2 fully saturated rings. The molecule has 2 heteroatoms. The Hall–Kier alpha value is -0.0800. The number of nitrogens with one attached hydrogen (secondary N) is 1. The molecule has 94 valence electrons. The van der Waals surface area contributed by atoms with E-state index in [-0.39, 0.29) is 5.60 Å². The van der Waals surface area contributed by atoms with Crippen molar-refractivity contribution >= 4 is 0 Å². The van der Waals surface area contributed by atoms with Crippen molar-refractivity contribution in [3.05, 3.63) is 0 Å². The average Bonchev–Trinajstić information content (AvgIpc) is 2.24. The summed E-state index contributed by atoms with van der Waals surface area (Å²) in [6, 6.07) is 0.677. The molecule has 1 heterocycles. The van der Waals surface area contributed by atoms with Crippen molar-refractivity contribution in [2.45, 2.75) is 70.9 Å². The molecule has 2 aliphatic rings. The molecule has 2 unspecified atom stereocenters. The summed E-state index contributed by atoms with van der Waals surface area (Å²) in [7, 11) is 0. The van der Waals surface area contributed by atoms with Crippen molar-refractivity contribution in [3.8, 4) is 0 Å². The standard InChI is InChI=1S/C14H27NO/c1-4-14(3)10-12(6-9-16-14)15-11-13(2)7-5-8-13/h12,15H,4-11H2,1-3H3. The van der Waals surface area contributed by atoms with Gasteiger partial charge in [0, 0.05) is 19.2 Å². The Labute approximate surface area is 100 Å². The highest BCUT2D eigenvalue weighted by Gasteiger charge is 2.35. The van der Waals surface area contributed by atoms with Gasteiger partial charge in [-0.3, -0.25) is 0 Å². The quantitative estimate of drug-likeness (QED) is 0.794. The van der Waals surface area contributed by atoms with Gasteiger partial charge in [-0.1, -0.05) is 20.3 Å². The topological polar surface area (TPSA) is 21.3 Å². The van der Waals surface area contributed by atoms with Crippen molar-refractivity contribution in [1.29, 1.82) is 0 Å². The first-order valence-electron chi connectivity index (χ1n) is 6.93. The number of rotatable bonds is 4. The van der Waals surface area contributed by atoms with Crippen molar-refractivity contribution in [3.63, 3.8) is 0 Å². The molecular weight excluding hydrogens is 198 g/mol. The van der Waals surface area contributed by atoms with Crippen molar-refractivity contribution in [2.24, 2.45) is 5.41 Å². The first kappa shape index (κ1) is 12.4. The third kappa shape index (κ3) is 2.78. The molecule has 0 radical (unpaired) electrons. The van der Waals surface area contributed by atoms with Gasteiger partial charge in [-0.05, 0) is 44.4 Å². The molecule has 1 aliphatic heterocycles. The van der Waals surface area contributed by atoms with Gasteiger partial charge in [0.15, 0.2) is 0 Å². The van der Waals surface area contributed by atoms with Gasteiger partial charge < -0.3 is 10.1 Å². The predicted octanol–water partition coefficient (Wildman–Crippen LogP) is 3.11. The molecule has 0 aromatic carbocycles. The monoisotopic (exact) mass is 225 g/mol. The predicted molar refractivity (Wildman–Crippen MR) is 67.6 cm³/mol. The molecule has 1 aliphatic carbocycles. The van der Waals surface area contributed by atoms with Crippen LogP contribution in [-0.2, 0) is 4.74 Å². The highest BCUT2D eigenvalue weighted by molar-refractivity contribution is 4.90. The van der Waals surface area contributed by atoms with E-state index in [9.17, 15) is 0 Å². The second-order valence-electron chi connectivity index (χ2n) is 6.39. The van der Waals surface area contributed by atoms with Gasteiger partial charge in [-0.25, -0.2) is 0 Å². The molecule has 0 amide bonds. The number of hydrogen-bond donors (Lipinski definition) is 1. The first-order chi connectivity index (χ1) is 7.55. The third-order valence-corrected chi connectivity index (χ3v) is 4.72. The molecule has 1 saturated carbocycles. The molecule has 0 bridgehead atoms. The maximum absolute atomic E-state index is 5.88. The molecule has 1 saturated heterocycles. The molecular formula is C14H27NO. The summed E-state index contributed by atoms with van der Waals surface area (Å²) in [4.78, 5) is 0. The van der Waals surface area contributed by atoms with Crippen molar-refractivity contribution < 1.29 is 4.74 Å². The second-order valence-corrected chi connectivity index (χ2v) is 6.39. The van der Waals surface area contributed by atoms with Crippen LogP contribution in [0.2, 0.25) is 0 Å². The molecule has 16 heavy (non-hydrogen) atoms. The molecule has 2 atom stereocenters. The van der Waals surface area contributed by atoms with Crippen LogP contribution in [0.4, 0.5) is 0 Å². The van der Waals surface area contributed by atoms with Crippen molar-refractivity contribution in [2.75, 3.05) is 13.2 Å². The van der Waals surface area contributed by atoms with Gasteiger partial charge in [0.25, 0.3) is 0 Å². The first-order valence-corrected chi connectivity index (χ1v) is 6.93. The van der Waals surface area contributed by atoms with Crippen LogP contribution in [0.1, 0.15) is 59.3 Å². The molecule has 0 aromatic heterocycles. The Bertz CT molecular complexity index is 237. The highest BCUT2D eigenvalue weighted by Crippen LogP contribution is 2.40. The summed E-state index contributed by atoms with van der Waals surface area (Å²) in [6.45, 7) is 9.04. The smallest absolute Gasteiger partial charge is 0.0666 e. The number of hydrogen-bond acceptors (Lipinski definition) is 2. The van der Waals surface area contributed by atoms with E-state index in [4.69, 9.17) is 4.74 Å². The van der Waals surface area contributed by atoms with E-state index in [2.05, 4.69) is 26.1 Å². The minimum absolute atomic E-state index is 0.121. The van der Waals surface area contributed by atoms with Crippen LogP contribution in [-0.4, -0.2) is 24.8 Å². The summed E-state index contributed by atoms with van der Waals surface area (Å²) in [5.74, 6) is 0. The zero-order valence-electron chi connectivity index (χ0n) is 11.1. The Kier molecular flexibility index (Phi) is 3.60. The molecule has 0 spiro atoms. The van der Waals surface area contributed by atoms with Crippen LogP contribution in [0.15, 0.2) is 0 Å². The van der Waals surface area contributed by atoms with Gasteiger partial charge in [0.1, 0.15) is 0 Å². The normalized spacial score (nSPS) is 38.1. The minimum atomic E-state index is 0.121. The lowest BCUT2D eigenvalue weighted by molar-refractivity contribution is -0.0794. The summed E-state index contributed by atoms with van der Waals surface area (Å²) in [5.41, 5.74) is 0.720. The Morgan fingerprint density at radius 2 is 2.06 bits per heavy atom. The molecule has 1 N–H and O–H groups in total. The van der Waals surface area contributed by atoms with Crippen molar-refractivity contribution in [1.82, 2.24) is 5.32 Å².